The van der Waals surface area contributed by atoms with Gasteiger partial charge in [-0.15, -0.1) is 0 Å². The third-order valence-electron chi connectivity index (χ3n) is 12.1. The van der Waals surface area contributed by atoms with Crippen molar-refractivity contribution < 1.29 is 0 Å². The summed E-state index contributed by atoms with van der Waals surface area (Å²) in [6.07, 6.45) is 0. The van der Waals surface area contributed by atoms with Gasteiger partial charge in [-0.2, -0.15) is 0 Å². The number of para-hydroxylation sites is 1. The lowest BCUT2D eigenvalue weighted by Gasteiger charge is -2.30. The van der Waals surface area contributed by atoms with Crippen LogP contribution in [-0.2, 0) is 5.41 Å². The minimum absolute atomic E-state index is 0.417. The minimum atomic E-state index is -0.417. The zero-order valence-electron chi connectivity index (χ0n) is 30.4. The number of rotatable bonds is 4. The van der Waals surface area contributed by atoms with E-state index in [1.807, 2.05) is 6.07 Å². The molecule has 0 amide bonds. The van der Waals surface area contributed by atoms with E-state index in [1.54, 1.807) is 0 Å². The average Bonchev–Trinajstić information content (AvgIpc) is 3.89. The zero-order valence-corrected chi connectivity index (χ0v) is 30.4. The molecule has 12 rings (SSSR count). The maximum Gasteiger partial charge on any atom is 0.235 e. The van der Waals surface area contributed by atoms with Crippen molar-refractivity contribution in [2.45, 2.75) is 5.41 Å². The van der Waals surface area contributed by atoms with Gasteiger partial charge in [0.15, 0.2) is 0 Å². The molecule has 0 atom stereocenters. The first-order valence-corrected chi connectivity index (χ1v) is 19.3. The van der Waals surface area contributed by atoms with Crippen LogP contribution in [-0.4, -0.2) is 14.5 Å². The van der Waals surface area contributed by atoms with E-state index in [9.17, 15) is 0 Å². The van der Waals surface area contributed by atoms with E-state index in [-0.39, 0.29) is 0 Å². The van der Waals surface area contributed by atoms with Crippen LogP contribution in [0.15, 0.2) is 200 Å². The number of hydrogen-bond donors (Lipinski definition) is 0. The molecule has 0 bridgehead atoms. The van der Waals surface area contributed by atoms with E-state index in [0.717, 1.165) is 33.5 Å². The molecule has 0 saturated heterocycles. The fourth-order valence-electron chi connectivity index (χ4n) is 9.76. The van der Waals surface area contributed by atoms with Crippen LogP contribution in [0.2, 0.25) is 0 Å². The molecule has 0 unspecified atom stereocenters. The van der Waals surface area contributed by atoms with Gasteiger partial charge in [-0.05, 0) is 73.8 Å². The molecule has 2 aliphatic carbocycles. The average molecular weight is 712 g/mol. The van der Waals surface area contributed by atoms with Gasteiger partial charge in [0, 0.05) is 21.9 Å². The van der Waals surface area contributed by atoms with Gasteiger partial charge in [0.2, 0.25) is 5.95 Å². The van der Waals surface area contributed by atoms with E-state index in [0.29, 0.717) is 5.95 Å². The smallest absolute Gasteiger partial charge is 0.235 e. The van der Waals surface area contributed by atoms with Crippen LogP contribution in [0, 0.1) is 0 Å². The lowest BCUT2D eigenvalue weighted by molar-refractivity contribution is 0.794. The maximum atomic E-state index is 5.39. The predicted molar refractivity (Wildman–Crippen MR) is 229 cm³/mol. The summed E-state index contributed by atoms with van der Waals surface area (Å²) >= 11 is 0. The molecule has 0 aliphatic heterocycles. The van der Waals surface area contributed by atoms with Gasteiger partial charge >= 0.3 is 0 Å². The molecule has 3 nitrogen and oxygen atoms in total. The summed E-state index contributed by atoms with van der Waals surface area (Å²) in [6.45, 7) is 0. The Morgan fingerprint density at radius 2 is 0.839 bits per heavy atom. The zero-order chi connectivity index (χ0) is 36.8. The largest absolute Gasteiger partial charge is 0.278 e. The third kappa shape index (κ3) is 4.22. The first-order chi connectivity index (χ1) is 27.8. The second kappa shape index (κ2) is 11.8. The number of aromatic nitrogens is 3. The lowest BCUT2D eigenvalue weighted by Crippen LogP contribution is -2.25. The van der Waals surface area contributed by atoms with Crippen molar-refractivity contribution >= 4 is 21.8 Å². The SMILES string of the molecule is c1ccc(-c2ccc(-c3cc(-c4ccccc4)nc(-n4c5ccccc5c5c6c(ccc54)C4(c5ccccc5-c5ccccc54)c4ccccc4-6)n3)cc2)cc1. The van der Waals surface area contributed by atoms with E-state index in [1.165, 1.54) is 66.4 Å². The molecule has 0 fully saturated rings. The molecule has 0 saturated carbocycles. The molecule has 0 radical (unpaired) electrons. The molecule has 1 spiro atoms. The van der Waals surface area contributed by atoms with Gasteiger partial charge in [0.25, 0.3) is 0 Å². The summed E-state index contributed by atoms with van der Waals surface area (Å²) in [5, 5.41) is 2.42. The molecule has 8 aromatic carbocycles. The van der Waals surface area contributed by atoms with Crippen molar-refractivity contribution in [3.8, 4) is 61.8 Å². The second-order valence-electron chi connectivity index (χ2n) is 14.9. The number of fused-ring (bicyclic) bond motifs is 14. The van der Waals surface area contributed by atoms with Crippen LogP contribution < -0.4 is 0 Å². The summed E-state index contributed by atoms with van der Waals surface area (Å²) in [6, 6.07) is 72.3. The fraction of sp³-hybridized carbons (Fsp3) is 0.0189. The second-order valence-corrected chi connectivity index (χ2v) is 14.9. The van der Waals surface area contributed by atoms with Crippen molar-refractivity contribution in [2.75, 3.05) is 0 Å². The number of nitrogens with zero attached hydrogens (tertiary/aromatic N) is 3. The Morgan fingerprint density at radius 3 is 1.50 bits per heavy atom. The summed E-state index contributed by atoms with van der Waals surface area (Å²) in [5.41, 5.74) is 18.5. The molecule has 10 aromatic rings. The van der Waals surface area contributed by atoms with Crippen LogP contribution >= 0.6 is 0 Å². The van der Waals surface area contributed by atoms with Crippen LogP contribution in [0.1, 0.15) is 22.3 Å². The summed E-state index contributed by atoms with van der Waals surface area (Å²) < 4.78 is 2.28. The van der Waals surface area contributed by atoms with Gasteiger partial charge in [-0.25, -0.2) is 9.97 Å². The summed E-state index contributed by atoms with van der Waals surface area (Å²) in [5.74, 6) is 0.650. The van der Waals surface area contributed by atoms with Gasteiger partial charge in [-0.1, -0.05) is 182 Å². The van der Waals surface area contributed by atoms with Crippen molar-refractivity contribution in [1.82, 2.24) is 14.5 Å². The van der Waals surface area contributed by atoms with Gasteiger partial charge in [0.05, 0.1) is 27.8 Å². The van der Waals surface area contributed by atoms with Crippen LogP contribution in [0.4, 0.5) is 0 Å². The minimum Gasteiger partial charge on any atom is -0.278 e. The topological polar surface area (TPSA) is 30.7 Å². The van der Waals surface area contributed by atoms with Crippen LogP contribution in [0.3, 0.4) is 0 Å². The normalized spacial score (nSPS) is 13.1. The summed E-state index contributed by atoms with van der Waals surface area (Å²) in [4.78, 5) is 10.8. The predicted octanol–water partition coefficient (Wildman–Crippen LogP) is 12.9. The Hall–Kier alpha value is -7.36. The van der Waals surface area contributed by atoms with Crippen molar-refractivity contribution in [1.29, 1.82) is 0 Å². The van der Waals surface area contributed by atoms with E-state index >= 15 is 0 Å². The highest BCUT2D eigenvalue weighted by atomic mass is 15.2. The number of hydrogen-bond acceptors (Lipinski definition) is 2. The highest BCUT2D eigenvalue weighted by Crippen LogP contribution is 2.64. The molecule has 0 N–H and O–H groups in total. The highest BCUT2D eigenvalue weighted by molar-refractivity contribution is 6.18. The van der Waals surface area contributed by atoms with E-state index in [4.69, 9.17) is 9.97 Å². The maximum absolute atomic E-state index is 5.39. The molecule has 3 heteroatoms. The van der Waals surface area contributed by atoms with Crippen LogP contribution in [0.5, 0.6) is 0 Å². The molecular weight excluding hydrogens is 679 g/mol. The monoisotopic (exact) mass is 711 g/mol. The Bertz CT molecular complexity index is 3130. The summed E-state index contributed by atoms with van der Waals surface area (Å²) in [7, 11) is 0. The number of benzene rings is 8. The highest BCUT2D eigenvalue weighted by Gasteiger charge is 2.52. The molecule has 2 aromatic heterocycles. The molecule has 2 aliphatic rings. The molecule has 260 valence electrons. The van der Waals surface area contributed by atoms with Crippen molar-refractivity contribution in [3.05, 3.63) is 222 Å². The fourth-order valence-corrected chi connectivity index (χ4v) is 9.76. The van der Waals surface area contributed by atoms with E-state index in [2.05, 4.69) is 199 Å². The third-order valence-corrected chi connectivity index (χ3v) is 12.1. The van der Waals surface area contributed by atoms with Crippen LogP contribution in [0.25, 0.3) is 83.6 Å². The van der Waals surface area contributed by atoms with Gasteiger partial charge in [-0.3, -0.25) is 4.57 Å². The quantitative estimate of drug-likeness (QED) is 0.182. The van der Waals surface area contributed by atoms with Crippen molar-refractivity contribution in [3.63, 3.8) is 0 Å². The Balaban J connectivity index is 1.14. The lowest BCUT2D eigenvalue weighted by atomic mass is 9.70. The van der Waals surface area contributed by atoms with Gasteiger partial charge < -0.3 is 0 Å². The molecular formula is C53H33N3. The first-order valence-electron chi connectivity index (χ1n) is 19.3. The molecule has 56 heavy (non-hydrogen) atoms. The standard InChI is InChI=1S/C53H33N3/c1-3-15-34(16-4-1)35-27-29-37(30-28-35)47-33-46(36-17-5-2-6-18-36)54-52(55-47)56-48-26-14-10-22-41(48)51-49(56)32-31-45-50(51)40-21-9-13-25-44(40)53(45)42-23-11-7-19-38(42)39-20-8-12-24-43(39)53/h1-33H. The molecule has 2 heterocycles. The Morgan fingerprint density at radius 1 is 0.357 bits per heavy atom. The van der Waals surface area contributed by atoms with Crippen molar-refractivity contribution in [2.24, 2.45) is 0 Å². The van der Waals surface area contributed by atoms with E-state index < -0.39 is 5.41 Å². The Kier molecular flexibility index (Phi) is 6.55. The first kappa shape index (κ1) is 31.0. The Labute approximate surface area is 324 Å². The van der Waals surface area contributed by atoms with Gasteiger partial charge in [0.1, 0.15) is 0 Å².